The minimum Gasteiger partial charge on any atom is -0.329 e. The Morgan fingerprint density at radius 1 is 1.54 bits per heavy atom. The highest BCUT2D eigenvalue weighted by atomic mass is 32.1. The molecule has 0 atom stereocenters. The van der Waals surface area contributed by atoms with Crippen LogP contribution in [0.15, 0.2) is 16.8 Å². The molecule has 0 aromatic carbocycles. The van der Waals surface area contributed by atoms with E-state index >= 15 is 0 Å². The fourth-order valence-corrected chi connectivity index (χ4v) is 1.76. The smallest absolute Gasteiger partial charge is 0.134 e. The van der Waals surface area contributed by atoms with Gasteiger partial charge in [0.15, 0.2) is 0 Å². The number of nitrogens with zero attached hydrogens (tertiary/aromatic N) is 2. The number of thiophene rings is 1. The third-order valence-electron chi connectivity index (χ3n) is 1.73. The summed E-state index contributed by atoms with van der Waals surface area (Å²) in [5.74, 6) is 1.71. The molecule has 0 bridgehead atoms. The van der Waals surface area contributed by atoms with Gasteiger partial charge in [0.1, 0.15) is 11.6 Å². The first kappa shape index (κ1) is 8.44. The molecule has 2 aromatic heterocycles. The lowest BCUT2D eigenvalue weighted by Gasteiger charge is -1.92. The van der Waals surface area contributed by atoms with Gasteiger partial charge in [-0.2, -0.15) is 11.3 Å². The van der Waals surface area contributed by atoms with Crippen LogP contribution in [-0.2, 0) is 6.42 Å². The van der Waals surface area contributed by atoms with Crippen LogP contribution in [0, 0.1) is 13.3 Å². The second-order valence-corrected chi connectivity index (χ2v) is 3.62. The van der Waals surface area contributed by atoms with Crippen LogP contribution in [0.5, 0.6) is 0 Å². The lowest BCUT2D eigenvalue weighted by Crippen LogP contribution is -1.88. The van der Waals surface area contributed by atoms with Crippen molar-refractivity contribution in [3.63, 3.8) is 0 Å². The first-order valence-corrected chi connectivity index (χ1v) is 5.02. The summed E-state index contributed by atoms with van der Waals surface area (Å²) in [5.41, 5.74) is 1.32. The summed E-state index contributed by atoms with van der Waals surface area (Å²) in [6.07, 6.45) is 2.96. The van der Waals surface area contributed by atoms with Gasteiger partial charge in [-0.25, -0.2) is 0 Å². The lowest BCUT2D eigenvalue weighted by atomic mass is 10.2. The molecule has 0 saturated heterocycles. The number of nitrogens with one attached hydrogen (secondary N) is 1. The lowest BCUT2D eigenvalue weighted by molar-refractivity contribution is 1.00. The molecule has 0 aliphatic heterocycles. The zero-order chi connectivity index (χ0) is 9.10. The molecule has 0 saturated carbocycles. The van der Waals surface area contributed by atoms with Crippen LogP contribution in [0.3, 0.4) is 0 Å². The predicted molar refractivity (Wildman–Crippen MR) is 52.5 cm³/mol. The minimum absolute atomic E-state index is 0.851. The summed E-state index contributed by atoms with van der Waals surface area (Å²) in [5, 5.41) is 12.1. The topological polar surface area (TPSA) is 41.6 Å². The average molecular weight is 192 g/mol. The number of aromatic nitrogens is 3. The van der Waals surface area contributed by atoms with Crippen LogP contribution in [-0.4, -0.2) is 15.2 Å². The third kappa shape index (κ3) is 2.15. The van der Waals surface area contributed by atoms with E-state index in [0.717, 1.165) is 18.1 Å². The maximum absolute atomic E-state index is 3.96. The Morgan fingerprint density at radius 2 is 2.46 bits per heavy atom. The van der Waals surface area contributed by atoms with Crippen molar-refractivity contribution in [2.75, 3.05) is 0 Å². The van der Waals surface area contributed by atoms with E-state index in [-0.39, 0.29) is 0 Å². The summed E-state index contributed by atoms with van der Waals surface area (Å²) in [6, 6.07) is 2.12. The molecular weight excluding hydrogens is 182 g/mol. The molecule has 0 spiro atoms. The molecule has 1 N–H and O–H groups in total. The molecule has 0 aliphatic rings. The van der Waals surface area contributed by atoms with Gasteiger partial charge in [0.2, 0.25) is 0 Å². The molecule has 1 radical (unpaired) electrons. The van der Waals surface area contributed by atoms with Crippen LogP contribution in [0.25, 0.3) is 0 Å². The monoisotopic (exact) mass is 192 g/mol. The first-order chi connectivity index (χ1) is 6.34. The molecule has 2 rings (SSSR count). The SMILES string of the molecule is Cc1nnc([CH]Cc2ccsc2)[nH]1. The normalized spacial score (nSPS) is 10.5. The van der Waals surface area contributed by atoms with Gasteiger partial charge >= 0.3 is 0 Å². The largest absolute Gasteiger partial charge is 0.329 e. The Kier molecular flexibility index (Phi) is 2.40. The maximum atomic E-state index is 3.96. The Labute approximate surface area is 80.8 Å². The molecule has 3 nitrogen and oxygen atoms in total. The van der Waals surface area contributed by atoms with Gasteiger partial charge in [0.05, 0.1) is 0 Å². The van der Waals surface area contributed by atoms with Crippen LogP contribution < -0.4 is 0 Å². The highest BCUT2D eigenvalue weighted by Gasteiger charge is 2.00. The van der Waals surface area contributed by atoms with Crippen molar-refractivity contribution in [1.82, 2.24) is 15.2 Å². The summed E-state index contributed by atoms with van der Waals surface area (Å²) >= 11 is 1.71. The van der Waals surface area contributed by atoms with Crippen molar-refractivity contribution in [3.8, 4) is 0 Å². The Hall–Kier alpha value is -1.16. The zero-order valence-corrected chi connectivity index (χ0v) is 8.14. The molecule has 0 unspecified atom stereocenters. The molecule has 2 aromatic rings. The van der Waals surface area contributed by atoms with Crippen molar-refractivity contribution >= 4 is 11.3 Å². The van der Waals surface area contributed by atoms with Gasteiger partial charge < -0.3 is 4.98 Å². The van der Waals surface area contributed by atoms with Crippen molar-refractivity contribution < 1.29 is 0 Å². The van der Waals surface area contributed by atoms with Gasteiger partial charge in [-0.05, 0) is 35.7 Å². The van der Waals surface area contributed by atoms with E-state index in [1.807, 2.05) is 13.3 Å². The summed E-state index contributed by atoms with van der Waals surface area (Å²) < 4.78 is 0. The van der Waals surface area contributed by atoms with Crippen LogP contribution in [0.4, 0.5) is 0 Å². The van der Waals surface area contributed by atoms with Crippen molar-refractivity contribution in [1.29, 1.82) is 0 Å². The number of hydrogen-bond acceptors (Lipinski definition) is 3. The Morgan fingerprint density at radius 3 is 3.08 bits per heavy atom. The fourth-order valence-electron chi connectivity index (χ4n) is 1.08. The van der Waals surface area contributed by atoms with E-state index < -0.39 is 0 Å². The molecule has 0 aliphatic carbocycles. The molecule has 0 amide bonds. The second kappa shape index (κ2) is 3.70. The van der Waals surface area contributed by atoms with Crippen LogP contribution in [0.1, 0.15) is 17.2 Å². The number of aromatic amines is 1. The predicted octanol–water partition coefficient (Wildman–Crippen LogP) is 1.97. The summed E-state index contributed by atoms with van der Waals surface area (Å²) in [7, 11) is 0. The number of rotatable bonds is 3. The number of H-pyrrole nitrogens is 1. The Balaban J connectivity index is 1.93. The highest BCUT2D eigenvalue weighted by Crippen LogP contribution is 2.09. The minimum atomic E-state index is 0.851. The van der Waals surface area contributed by atoms with Crippen molar-refractivity contribution in [2.45, 2.75) is 13.3 Å². The Bertz CT molecular complexity index is 364. The average Bonchev–Trinajstić information content (AvgIpc) is 2.71. The maximum Gasteiger partial charge on any atom is 0.134 e. The van der Waals surface area contributed by atoms with Gasteiger partial charge in [-0.3, -0.25) is 0 Å². The standard InChI is InChI=1S/C9H10N3S/c1-7-10-9(12-11-7)3-2-8-4-5-13-6-8/h3-6H,2H2,1H3,(H,10,11,12). The van der Waals surface area contributed by atoms with Gasteiger partial charge in [-0.1, -0.05) is 0 Å². The quantitative estimate of drug-likeness (QED) is 0.807. The van der Waals surface area contributed by atoms with E-state index in [9.17, 15) is 0 Å². The van der Waals surface area contributed by atoms with E-state index in [4.69, 9.17) is 0 Å². The summed E-state index contributed by atoms with van der Waals surface area (Å²) in [6.45, 7) is 1.90. The van der Waals surface area contributed by atoms with Crippen molar-refractivity contribution in [3.05, 3.63) is 40.5 Å². The van der Waals surface area contributed by atoms with Crippen LogP contribution in [0.2, 0.25) is 0 Å². The number of aryl methyl sites for hydroxylation is 1. The van der Waals surface area contributed by atoms with E-state index in [1.54, 1.807) is 11.3 Å². The fraction of sp³-hybridized carbons (Fsp3) is 0.222. The van der Waals surface area contributed by atoms with Gasteiger partial charge in [0.25, 0.3) is 0 Å². The van der Waals surface area contributed by atoms with Crippen molar-refractivity contribution in [2.24, 2.45) is 0 Å². The molecule has 2 heterocycles. The molecule has 0 fully saturated rings. The highest BCUT2D eigenvalue weighted by molar-refractivity contribution is 7.07. The molecule has 13 heavy (non-hydrogen) atoms. The van der Waals surface area contributed by atoms with Gasteiger partial charge in [0, 0.05) is 6.42 Å². The van der Waals surface area contributed by atoms with E-state index in [2.05, 4.69) is 32.0 Å². The van der Waals surface area contributed by atoms with Crippen LogP contribution >= 0.6 is 11.3 Å². The third-order valence-corrected chi connectivity index (χ3v) is 2.46. The first-order valence-electron chi connectivity index (χ1n) is 4.08. The molecule has 67 valence electrons. The number of hydrogen-bond donors (Lipinski definition) is 1. The van der Waals surface area contributed by atoms with Gasteiger partial charge in [-0.15, -0.1) is 10.2 Å². The zero-order valence-electron chi connectivity index (χ0n) is 7.32. The van der Waals surface area contributed by atoms with E-state index in [0.29, 0.717) is 0 Å². The molecular formula is C9H10N3S. The second-order valence-electron chi connectivity index (χ2n) is 2.84. The molecule has 4 heteroatoms. The van der Waals surface area contributed by atoms with E-state index in [1.165, 1.54) is 5.56 Å². The summed E-state index contributed by atoms with van der Waals surface area (Å²) in [4.78, 5) is 3.06.